The van der Waals surface area contributed by atoms with Gasteiger partial charge in [0.05, 0.1) is 17.4 Å². The Morgan fingerprint density at radius 1 is 1.27 bits per heavy atom. The molecule has 0 atom stereocenters. The summed E-state index contributed by atoms with van der Waals surface area (Å²) in [6.07, 6.45) is 0. The molecule has 0 heterocycles. The Kier molecular flexibility index (Phi) is 4.26. The fourth-order valence-electron chi connectivity index (χ4n) is 1.18. The maximum Gasteiger partial charge on any atom is 0.178 e. The van der Waals surface area contributed by atoms with Crippen molar-refractivity contribution < 1.29 is 13.5 Å². The van der Waals surface area contributed by atoms with Crippen molar-refractivity contribution in [1.29, 1.82) is 0 Å². The Bertz CT molecular complexity index is 397. The Morgan fingerprint density at radius 3 is 2.33 bits per heavy atom. The van der Waals surface area contributed by atoms with Crippen molar-refractivity contribution in [2.75, 3.05) is 12.5 Å². The second-order valence-corrected chi connectivity index (χ2v) is 5.41. The lowest BCUT2D eigenvalue weighted by Crippen LogP contribution is -2.13. The zero-order valence-corrected chi connectivity index (χ0v) is 9.42. The quantitative estimate of drug-likeness (QED) is 0.722. The molecule has 4 nitrogen and oxygen atoms in total. The molecule has 0 spiro atoms. The number of rotatable bonds is 5. The lowest BCUT2D eigenvalue weighted by Gasteiger charge is -2.04. The van der Waals surface area contributed by atoms with Crippen LogP contribution >= 0.6 is 0 Å². The molecule has 0 saturated carbocycles. The van der Waals surface area contributed by atoms with E-state index in [0.29, 0.717) is 11.4 Å². The van der Waals surface area contributed by atoms with Crippen molar-refractivity contribution in [2.24, 2.45) is 0 Å². The van der Waals surface area contributed by atoms with Crippen molar-refractivity contribution in [1.82, 2.24) is 5.32 Å². The molecule has 1 aromatic carbocycles. The van der Waals surface area contributed by atoms with Crippen molar-refractivity contribution in [3.63, 3.8) is 0 Å². The van der Waals surface area contributed by atoms with E-state index in [9.17, 15) is 8.42 Å². The van der Waals surface area contributed by atoms with Crippen LogP contribution in [0, 0.1) is 0 Å². The molecular weight excluding hydrogens is 214 g/mol. The minimum atomic E-state index is -3.11. The van der Waals surface area contributed by atoms with Crippen LogP contribution in [0.5, 0.6) is 0 Å². The molecule has 0 aliphatic heterocycles. The second kappa shape index (κ2) is 5.25. The molecule has 0 unspecified atom stereocenters. The summed E-state index contributed by atoms with van der Waals surface area (Å²) in [6.45, 7) is 2.06. The molecule has 0 aromatic heterocycles. The Hall–Kier alpha value is -0.910. The second-order valence-electron chi connectivity index (χ2n) is 3.13. The van der Waals surface area contributed by atoms with E-state index in [-0.39, 0.29) is 12.5 Å². The number of benzene rings is 1. The lowest BCUT2D eigenvalue weighted by molar-refractivity contribution is 0.259. The van der Waals surface area contributed by atoms with Gasteiger partial charge in [-0.2, -0.15) is 0 Å². The first-order chi connectivity index (χ1) is 7.10. The van der Waals surface area contributed by atoms with Gasteiger partial charge in [-0.05, 0) is 17.7 Å². The molecule has 0 fully saturated rings. The van der Waals surface area contributed by atoms with Crippen LogP contribution in [0.1, 0.15) is 12.5 Å². The minimum Gasteiger partial charge on any atom is -0.381 e. The van der Waals surface area contributed by atoms with Gasteiger partial charge in [-0.15, -0.1) is 0 Å². The monoisotopic (exact) mass is 229 g/mol. The molecule has 0 amide bonds. The highest BCUT2D eigenvalue weighted by Gasteiger charge is 2.10. The summed E-state index contributed by atoms with van der Waals surface area (Å²) in [5.74, 6) is 0.112. The SMILES string of the molecule is CCS(=O)(=O)c1ccc(CNCO)cc1. The third kappa shape index (κ3) is 3.30. The number of sulfone groups is 1. The van der Waals surface area contributed by atoms with E-state index < -0.39 is 9.84 Å². The van der Waals surface area contributed by atoms with Gasteiger partial charge < -0.3 is 5.11 Å². The molecule has 0 radical (unpaired) electrons. The summed E-state index contributed by atoms with van der Waals surface area (Å²) >= 11 is 0. The molecule has 2 N–H and O–H groups in total. The average molecular weight is 229 g/mol. The highest BCUT2D eigenvalue weighted by molar-refractivity contribution is 7.91. The van der Waals surface area contributed by atoms with Gasteiger partial charge in [0.15, 0.2) is 9.84 Å². The van der Waals surface area contributed by atoms with Crippen LogP contribution in [-0.4, -0.2) is 26.0 Å². The zero-order valence-electron chi connectivity index (χ0n) is 8.60. The summed E-state index contributed by atoms with van der Waals surface area (Å²) in [4.78, 5) is 0.345. The molecule has 0 aliphatic rings. The van der Waals surface area contributed by atoms with E-state index in [1.165, 1.54) is 0 Å². The predicted octanol–water partition coefficient (Wildman–Crippen LogP) is 0.520. The summed E-state index contributed by atoms with van der Waals surface area (Å²) < 4.78 is 22.9. The van der Waals surface area contributed by atoms with Crippen LogP contribution in [0.3, 0.4) is 0 Å². The third-order valence-electron chi connectivity index (χ3n) is 2.10. The van der Waals surface area contributed by atoms with E-state index in [4.69, 9.17) is 5.11 Å². The molecule has 0 aliphatic carbocycles. The first-order valence-electron chi connectivity index (χ1n) is 4.73. The van der Waals surface area contributed by atoms with Crippen molar-refractivity contribution in [3.8, 4) is 0 Å². The van der Waals surface area contributed by atoms with Gasteiger partial charge in [0.25, 0.3) is 0 Å². The Labute approximate surface area is 89.9 Å². The summed E-state index contributed by atoms with van der Waals surface area (Å²) in [5, 5.41) is 11.3. The van der Waals surface area contributed by atoms with Crippen molar-refractivity contribution in [3.05, 3.63) is 29.8 Å². The van der Waals surface area contributed by atoms with E-state index in [1.807, 2.05) is 0 Å². The van der Waals surface area contributed by atoms with Gasteiger partial charge in [0, 0.05) is 6.54 Å². The first kappa shape index (κ1) is 12.2. The molecule has 1 rings (SSSR count). The van der Waals surface area contributed by atoms with Crippen LogP contribution in [0.25, 0.3) is 0 Å². The highest BCUT2D eigenvalue weighted by Crippen LogP contribution is 2.12. The lowest BCUT2D eigenvalue weighted by atomic mass is 10.2. The maximum absolute atomic E-state index is 11.5. The molecule has 5 heteroatoms. The van der Waals surface area contributed by atoms with Gasteiger partial charge >= 0.3 is 0 Å². The van der Waals surface area contributed by atoms with Crippen LogP contribution in [-0.2, 0) is 16.4 Å². The number of aliphatic hydroxyl groups is 1. The third-order valence-corrected chi connectivity index (χ3v) is 3.85. The van der Waals surface area contributed by atoms with Crippen LogP contribution < -0.4 is 5.32 Å². The van der Waals surface area contributed by atoms with Crippen molar-refractivity contribution >= 4 is 9.84 Å². The summed E-state index contributed by atoms with van der Waals surface area (Å²) in [7, 11) is -3.11. The van der Waals surface area contributed by atoms with Gasteiger partial charge in [0.2, 0.25) is 0 Å². The minimum absolute atomic E-state index is 0.0883. The summed E-state index contributed by atoms with van der Waals surface area (Å²) in [5.41, 5.74) is 0.944. The summed E-state index contributed by atoms with van der Waals surface area (Å²) in [6, 6.07) is 6.66. The molecule has 0 saturated heterocycles. The largest absolute Gasteiger partial charge is 0.381 e. The molecule has 1 aromatic rings. The number of aliphatic hydroxyl groups excluding tert-OH is 1. The van der Waals surface area contributed by atoms with Crippen LogP contribution in [0.15, 0.2) is 29.2 Å². The predicted molar refractivity (Wildman–Crippen MR) is 58.1 cm³/mol. The average Bonchev–Trinajstić information content (AvgIpc) is 2.27. The Morgan fingerprint density at radius 2 is 1.87 bits per heavy atom. The smallest absolute Gasteiger partial charge is 0.178 e. The van der Waals surface area contributed by atoms with E-state index in [0.717, 1.165) is 5.56 Å². The van der Waals surface area contributed by atoms with Crippen LogP contribution in [0.2, 0.25) is 0 Å². The first-order valence-corrected chi connectivity index (χ1v) is 6.38. The standard InChI is InChI=1S/C10H15NO3S/c1-2-15(13,14)10-5-3-9(4-6-10)7-11-8-12/h3-6,11-12H,2,7-8H2,1H3. The van der Waals surface area contributed by atoms with Gasteiger partial charge in [-0.3, -0.25) is 5.32 Å². The number of nitrogens with one attached hydrogen (secondary N) is 1. The van der Waals surface area contributed by atoms with Crippen molar-refractivity contribution in [2.45, 2.75) is 18.4 Å². The van der Waals surface area contributed by atoms with Gasteiger partial charge in [-0.25, -0.2) is 8.42 Å². The topological polar surface area (TPSA) is 66.4 Å². The van der Waals surface area contributed by atoms with Gasteiger partial charge in [0.1, 0.15) is 0 Å². The Balaban J connectivity index is 2.81. The fraction of sp³-hybridized carbons (Fsp3) is 0.400. The van der Waals surface area contributed by atoms with Crippen LogP contribution in [0.4, 0.5) is 0 Å². The normalized spacial score (nSPS) is 11.6. The molecule has 0 bridgehead atoms. The molecular formula is C10H15NO3S. The van der Waals surface area contributed by atoms with E-state index >= 15 is 0 Å². The maximum atomic E-state index is 11.5. The molecule has 84 valence electrons. The number of hydrogen-bond donors (Lipinski definition) is 2. The molecule has 15 heavy (non-hydrogen) atoms. The van der Waals surface area contributed by atoms with E-state index in [1.54, 1.807) is 31.2 Å². The van der Waals surface area contributed by atoms with E-state index in [2.05, 4.69) is 5.32 Å². The zero-order chi connectivity index (χ0) is 11.3. The highest BCUT2D eigenvalue weighted by atomic mass is 32.2. The fourth-order valence-corrected chi connectivity index (χ4v) is 2.07. The van der Waals surface area contributed by atoms with Gasteiger partial charge in [-0.1, -0.05) is 19.1 Å². The number of hydrogen-bond acceptors (Lipinski definition) is 4.